The summed E-state index contributed by atoms with van der Waals surface area (Å²) in [6, 6.07) is 14.5. The molecule has 0 fully saturated rings. The molecule has 1 atom stereocenters. The molecule has 2 rings (SSSR count). The fraction of sp³-hybridized carbons (Fsp3) is 0.235. The largest absolute Gasteiger partial charge is 0.497 e. The van der Waals surface area contributed by atoms with Crippen molar-refractivity contribution in [3.63, 3.8) is 0 Å². The van der Waals surface area contributed by atoms with Crippen LogP contribution in [0.1, 0.15) is 12.5 Å². The number of hydrogen-bond acceptors (Lipinski definition) is 4. The van der Waals surface area contributed by atoms with E-state index in [4.69, 9.17) is 15.2 Å². The molecule has 5 heteroatoms. The number of benzene rings is 2. The van der Waals surface area contributed by atoms with Crippen molar-refractivity contribution in [3.8, 4) is 11.5 Å². The van der Waals surface area contributed by atoms with Gasteiger partial charge in [0.05, 0.1) is 7.11 Å². The Morgan fingerprint density at radius 1 is 1.14 bits per heavy atom. The van der Waals surface area contributed by atoms with Gasteiger partial charge in [0, 0.05) is 12.2 Å². The quantitative estimate of drug-likeness (QED) is 0.860. The summed E-state index contributed by atoms with van der Waals surface area (Å²) < 4.78 is 10.7. The third kappa shape index (κ3) is 3.99. The number of para-hydroxylation sites is 1. The summed E-state index contributed by atoms with van der Waals surface area (Å²) in [5.74, 6) is 1.12. The number of carbonyl (C=O) groups excluding carboxylic acids is 1. The van der Waals surface area contributed by atoms with Gasteiger partial charge in [0.25, 0.3) is 5.91 Å². The smallest absolute Gasteiger partial charge is 0.265 e. The van der Waals surface area contributed by atoms with E-state index < -0.39 is 6.10 Å². The molecule has 0 heterocycles. The molecule has 0 aliphatic heterocycles. The predicted molar refractivity (Wildman–Crippen MR) is 86.0 cm³/mol. The van der Waals surface area contributed by atoms with Crippen LogP contribution in [-0.4, -0.2) is 19.1 Å². The second-order valence-corrected chi connectivity index (χ2v) is 4.79. The Morgan fingerprint density at radius 2 is 1.77 bits per heavy atom. The number of ether oxygens (including phenoxy) is 2. The maximum atomic E-state index is 12.2. The Balaban J connectivity index is 1.99. The molecule has 5 nitrogen and oxygen atoms in total. The third-order valence-corrected chi connectivity index (χ3v) is 3.24. The zero-order chi connectivity index (χ0) is 15.9. The van der Waals surface area contributed by atoms with Gasteiger partial charge in [-0.05, 0) is 42.8 Å². The van der Waals surface area contributed by atoms with E-state index in [1.165, 1.54) is 0 Å². The molecule has 0 radical (unpaired) electrons. The molecule has 0 bridgehead atoms. The zero-order valence-electron chi connectivity index (χ0n) is 12.7. The number of anilines is 1. The van der Waals surface area contributed by atoms with Crippen molar-refractivity contribution in [2.75, 3.05) is 12.4 Å². The molecule has 0 saturated heterocycles. The lowest BCUT2D eigenvalue weighted by Crippen LogP contribution is -2.30. The van der Waals surface area contributed by atoms with Crippen LogP contribution in [0.2, 0.25) is 0 Å². The average molecular weight is 300 g/mol. The van der Waals surface area contributed by atoms with Gasteiger partial charge in [0.15, 0.2) is 6.10 Å². The van der Waals surface area contributed by atoms with Crippen LogP contribution in [0.3, 0.4) is 0 Å². The molecule has 1 amide bonds. The molecule has 0 aromatic heterocycles. The van der Waals surface area contributed by atoms with Crippen LogP contribution in [-0.2, 0) is 11.3 Å². The highest BCUT2D eigenvalue weighted by Gasteiger charge is 2.16. The van der Waals surface area contributed by atoms with E-state index in [9.17, 15) is 4.79 Å². The van der Waals surface area contributed by atoms with Crippen LogP contribution in [0, 0.1) is 0 Å². The van der Waals surface area contributed by atoms with Gasteiger partial charge >= 0.3 is 0 Å². The van der Waals surface area contributed by atoms with Crippen LogP contribution >= 0.6 is 0 Å². The zero-order valence-corrected chi connectivity index (χ0v) is 12.7. The normalized spacial score (nSPS) is 11.6. The summed E-state index contributed by atoms with van der Waals surface area (Å²) in [7, 11) is 1.60. The fourth-order valence-electron chi connectivity index (χ4n) is 1.97. The van der Waals surface area contributed by atoms with Crippen molar-refractivity contribution in [2.24, 2.45) is 5.73 Å². The van der Waals surface area contributed by atoms with Gasteiger partial charge in [-0.1, -0.05) is 18.2 Å². The van der Waals surface area contributed by atoms with Gasteiger partial charge < -0.3 is 20.5 Å². The molecule has 0 spiro atoms. The topological polar surface area (TPSA) is 73.6 Å². The minimum atomic E-state index is -0.626. The molecule has 2 aromatic rings. The van der Waals surface area contributed by atoms with E-state index in [1.54, 1.807) is 38.3 Å². The molecular weight excluding hydrogens is 280 g/mol. The summed E-state index contributed by atoms with van der Waals surface area (Å²) >= 11 is 0. The third-order valence-electron chi connectivity index (χ3n) is 3.24. The number of methoxy groups -OCH3 is 1. The summed E-state index contributed by atoms with van der Waals surface area (Å²) in [4.78, 5) is 12.2. The van der Waals surface area contributed by atoms with Gasteiger partial charge in [-0.3, -0.25) is 4.79 Å². The maximum absolute atomic E-state index is 12.2. The van der Waals surface area contributed by atoms with Crippen LogP contribution < -0.4 is 20.5 Å². The van der Waals surface area contributed by atoms with E-state index in [0.717, 1.165) is 11.3 Å². The van der Waals surface area contributed by atoms with E-state index in [2.05, 4.69) is 5.32 Å². The Labute approximate surface area is 130 Å². The number of nitrogens with one attached hydrogen (secondary N) is 1. The first-order valence-electron chi connectivity index (χ1n) is 7.03. The number of nitrogens with two attached hydrogens (primary N) is 1. The van der Waals surface area contributed by atoms with Gasteiger partial charge in [-0.15, -0.1) is 0 Å². The molecule has 3 N–H and O–H groups in total. The Morgan fingerprint density at radius 3 is 2.41 bits per heavy atom. The average Bonchev–Trinajstić information content (AvgIpc) is 2.56. The SMILES string of the molecule is COc1ccc(OC(C)C(=O)Nc2ccccc2CN)cc1. The summed E-state index contributed by atoms with van der Waals surface area (Å²) in [6.45, 7) is 2.06. The highest BCUT2D eigenvalue weighted by molar-refractivity contribution is 5.94. The molecule has 116 valence electrons. The van der Waals surface area contributed by atoms with Gasteiger partial charge in [0.2, 0.25) is 0 Å². The van der Waals surface area contributed by atoms with E-state index >= 15 is 0 Å². The van der Waals surface area contributed by atoms with Crippen molar-refractivity contribution in [3.05, 3.63) is 54.1 Å². The van der Waals surface area contributed by atoms with E-state index in [-0.39, 0.29) is 5.91 Å². The van der Waals surface area contributed by atoms with Crippen molar-refractivity contribution in [1.82, 2.24) is 0 Å². The molecular formula is C17H20N2O3. The Bertz CT molecular complexity index is 626. The maximum Gasteiger partial charge on any atom is 0.265 e. The molecule has 1 unspecified atom stereocenters. The number of carbonyl (C=O) groups is 1. The first-order chi connectivity index (χ1) is 10.6. The van der Waals surface area contributed by atoms with Crippen LogP contribution in [0.15, 0.2) is 48.5 Å². The minimum Gasteiger partial charge on any atom is -0.497 e. The van der Waals surface area contributed by atoms with Crippen molar-refractivity contribution in [1.29, 1.82) is 0 Å². The number of rotatable bonds is 6. The minimum absolute atomic E-state index is 0.225. The standard InChI is InChI=1S/C17H20N2O3/c1-12(22-15-9-7-14(21-2)8-10-15)17(20)19-16-6-4-3-5-13(16)11-18/h3-10,12H,11,18H2,1-2H3,(H,19,20). The lowest BCUT2D eigenvalue weighted by Gasteiger charge is -2.16. The van der Waals surface area contributed by atoms with Crippen LogP contribution in [0.25, 0.3) is 0 Å². The number of hydrogen-bond donors (Lipinski definition) is 2. The second-order valence-electron chi connectivity index (χ2n) is 4.79. The van der Waals surface area contributed by atoms with Crippen molar-refractivity contribution in [2.45, 2.75) is 19.6 Å². The van der Waals surface area contributed by atoms with E-state index in [1.807, 2.05) is 24.3 Å². The first kappa shape index (κ1) is 15.9. The number of amides is 1. The van der Waals surface area contributed by atoms with Gasteiger partial charge in [0.1, 0.15) is 11.5 Å². The van der Waals surface area contributed by atoms with Crippen LogP contribution in [0.4, 0.5) is 5.69 Å². The molecule has 22 heavy (non-hydrogen) atoms. The summed E-state index contributed by atoms with van der Waals surface area (Å²) in [6.07, 6.45) is -0.626. The summed E-state index contributed by atoms with van der Waals surface area (Å²) in [5, 5.41) is 2.84. The van der Waals surface area contributed by atoms with Crippen molar-refractivity contribution < 1.29 is 14.3 Å². The van der Waals surface area contributed by atoms with Crippen molar-refractivity contribution >= 4 is 11.6 Å². The second kappa shape index (κ2) is 7.47. The fourth-order valence-corrected chi connectivity index (χ4v) is 1.97. The lowest BCUT2D eigenvalue weighted by molar-refractivity contribution is -0.122. The molecule has 0 aliphatic rings. The van der Waals surface area contributed by atoms with Gasteiger partial charge in [-0.2, -0.15) is 0 Å². The monoisotopic (exact) mass is 300 g/mol. The van der Waals surface area contributed by atoms with Crippen LogP contribution in [0.5, 0.6) is 11.5 Å². The summed E-state index contributed by atoms with van der Waals surface area (Å²) in [5.41, 5.74) is 7.25. The first-order valence-corrected chi connectivity index (χ1v) is 7.03. The Kier molecular flexibility index (Phi) is 5.38. The lowest BCUT2D eigenvalue weighted by atomic mass is 10.1. The highest BCUT2D eigenvalue weighted by Crippen LogP contribution is 2.19. The molecule has 0 aliphatic carbocycles. The molecule has 2 aromatic carbocycles. The van der Waals surface area contributed by atoms with E-state index in [0.29, 0.717) is 18.0 Å². The highest BCUT2D eigenvalue weighted by atomic mass is 16.5. The van der Waals surface area contributed by atoms with Gasteiger partial charge in [-0.25, -0.2) is 0 Å². The predicted octanol–water partition coefficient (Wildman–Crippen LogP) is 2.56. The Hall–Kier alpha value is -2.53. The molecule has 0 saturated carbocycles.